The summed E-state index contributed by atoms with van der Waals surface area (Å²) in [5.41, 5.74) is 4.70. The van der Waals surface area contributed by atoms with Gasteiger partial charge in [0, 0.05) is 23.0 Å². The molecule has 174 valence electrons. The standard InChI is InChI=1S/C30H25NO4/c1-34-25-11-7-10-22(18-25)19-31-27-13-6-5-12-26(27)28(29(31)30(32)33)23-14-16-24(17-15-23)35-20-21-8-3-2-4-9-21/h2-18H,19-20H2,1H3,(H,32,33). The van der Waals surface area contributed by atoms with Crippen LogP contribution in [0.2, 0.25) is 0 Å². The van der Waals surface area contributed by atoms with Crippen LogP contribution in [-0.4, -0.2) is 22.8 Å². The van der Waals surface area contributed by atoms with Crippen molar-refractivity contribution in [2.75, 3.05) is 7.11 Å². The van der Waals surface area contributed by atoms with Crippen LogP contribution in [0.5, 0.6) is 11.5 Å². The molecule has 1 heterocycles. The van der Waals surface area contributed by atoms with Gasteiger partial charge in [0.05, 0.1) is 7.11 Å². The Balaban J connectivity index is 1.53. The molecule has 0 spiro atoms. The van der Waals surface area contributed by atoms with Crippen LogP contribution in [0.25, 0.3) is 22.0 Å². The molecular formula is C30H25NO4. The Hall–Kier alpha value is -4.51. The number of para-hydroxylation sites is 1. The third kappa shape index (κ3) is 4.62. The molecule has 1 N–H and O–H groups in total. The zero-order chi connectivity index (χ0) is 24.2. The number of fused-ring (bicyclic) bond motifs is 1. The lowest BCUT2D eigenvalue weighted by atomic mass is 10.0. The van der Waals surface area contributed by atoms with Gasteiger partial charge in [-0.15, -0.1) is 0 Å². The summed E-state index contributed by atoms with van der Waals surface area (Å²) in [4.78, 5) is 12.6. The number of carboxylic acid groups (broad SMARTS) is 1. The lowest BCUT2D eigenvalue weighted by molar-refractivity contribution is 0.0687. The molecule has 0 bridgehead atoms. The van der Waals surface area contributed by atoms with E-state index in [9.17, 15) is 9.90 Å². The molecular weight excluding hydrogens is 438 g/mol. The zero-order valence-corrected chi connectivity index (χ0v) is 19.3. The Morgan fingerprint density at radius 2 is 1.51 bits per heavy atom. The summed E-state index contributed by atoms with van der Waals surface area (Å²) in [5.74, 6) is 0.500. The van der Waals surface area contributed by atoms with Crippen molar-refractivity contribution in [3.8, 4) is 22.6 Å². The third-order valence-electron chi connectivity index (χ3n) is 6.04. The van der Waals surface area contributed by atoms with Crippen molar-refractivity contribution in [1.29, 1.82) is 0 Å². The van der Waals surface area contributed by atoms with Gasteiger partial charge >= 0.3 is 5.97 Å². The molecule has 5 heteroatoms. The fraction of sp³-hybridized carbons (Fsp3) is 0.100. The lowest BCUT2D eigenvalue weighted by Gasteiger charge is -2.11. The molecule has 0 aliphatic heterocycles. The fourth-order valence-corrected chi connectivity index (χ4v) is 4.39. The summed E-state index contributed by atoms with van der Waals surface area (Å²) in [6, 6.07) is 33.1. The summed E-state index contributed by atoms with van der Waals surface area (Å²) in [5, 5.41) is 11.2. The summed E-state index contributed by atoms with van der Waals surface area (Å²) >= 11 is 0. The highest BCUT2D eigenvalue weighted by molar-refractivity contribution is 6.08. The molecule has 35 heavy (non-hydrogen) atoms. The van der Waals surface area contributed by atoms with Gasteiger partial charge in [0.2, 0.25) is 0 Å². The molecule has 0 atom stereocenters. The number of benzene rings is 4. The van der Waals surface area contributed by atoms with E-state index in [1.54, 1.807) is 7.11 Å². The first kappa shape index (κ1) is 22.3. The normalized spacial score (nSPS) is 10.9. The number of aromatic nitrogens is 1. The first-order valence-corrected chi connectivity index (χ1v) is 11.4. The SMILES string of the molecule is COc1cccc(Cn2c(C(=O)O)c(-c3ccc(OCc4ccccc4)cc3)c3ccccc32)c1. The van der Waals surface area contributed by atoms with Crippen LogP contribution >= 0.6 is 0 Å². The van der Waals surface area contributed by atoms with Gasteiger partial charge in [-0.05, 0) is 47.0 Å². The highest BCUT2D eigenvalue weighted by atomic mass is 16.5. The molecule has 0 amide bonds. The predicted molar refractivity (Wildman–Crippen MR) is 137 cm³/mol. The number of rotatable bonds is 8. The van der Waals surface area contributed by atoms with E-state index in [1.807, 2.05) is 108 Å². The van der Waals surface area contributed by atoms with Crippen LogP contribution in [0.4, 0.5) is 0 Å². The molecule has 5 aromatic rings. The topological polar surface area (TPSA) is 60.7 Å². The minimum absolute atomic E-state index is 0.256. The number of methoxy groups -OCH3 is 1. The van der Waals surface area contributed by atoms with Crippen molar-refractivity contribution < 1.29 is 19.4 Å². The molecule has 5 rings (SSSR count). The Bertz CT molecular complexity index is 1470. The van der Waals surface area contributed by atoms with Gasteiger partial charge in [0.1, 0.15) is 23.8 Å². The lowest BCUT2D eigenvalue weighted by Crippen LogP contribution is -2.10. The van der Waals surface area contributed by atoms with Crippen molar-refractivity contribution in [2.24, 2.45) is 0 Å². The summed E-state index contributed by atoms with van der Waals surface area (Å²) in [6.45, 7) is 0.887. The molecule has 0 saturated heterocycles. The number of hydrogen-bond donors (Lipinski definition) is 1. The van der Waals surface area contributed by atoms with Gasteiger partial charge in [0.15, 0.2) is 0 Å². The van der Waals surface area contributed by atoms with Gasteiger partial charge in [-0.2, -0.15) is 0 Å². The largest absolute Gasteiger partial charge is 0.497 e. The van der Waals surface area contributed by atoms with Gasteiger partial charge in [-0.25, -0.2) is 4.79 Å². The van der Waals surface area contributed by atoms with Crippen molar-refractivity contribution in [1.82, 2.24) is 4.57 Å². The summed E-state index contributed by atoms with van der Waals surface area (Å²) < 4.78 is 13.1. The molecule has 5 nitrogen and oxygen atoms in total. The maximum absolute atomic E-state index is 12.6. The second-order valence-electron chi connectivity index (χ2n) is 8.28. The Kier molecular flexibility index (Phi) is 6.22. The Labute approximate surface area is 203 Å². The van der Waals surface area contributed by atoms with Gasteiger partial charge in [0.25, 0.3) is 0 Å². The fourth-order valence-electron chi connectivity index (χ4n) is 4.39. The first-order valence-electron chi connectivity index (χ1n) is 11.4. The van der Waals surface area contributed by atoms with Crippen LogP contribution < -0.4 is 9.47 Å². The second-order valence-corrected chi connectivity index (χ2v) is 8.28. The highest BCUT2D eigenvalue weighted by Crippen LogP contribution is 2.36. The van der Waals surface area contributed by atoms with Gasteiger partial charge < -0.3 is 19.1 Å². The Morgan fingerprint density at radius 1 is 0.800 bits per heavy atom. The number of hydrogen-bond acceptors (Lipinski definition) is 3. The van der Waals surface area contributed by atoms with Crippen LogP contribution in [0.1, 0.15) is 21.6 Å². The number of carboxylic acids is 1. The van der Waals surface area contributed by atoms with E-state index in [0.717, 1.165) is 39.1 Å². The van der Waals surface area contributed by atoms with Crippen LogP contribution in [-0.2, 0) is 13.2 Å². The maximum Gasteiger partial charge on any atom is 0.353 e. The molecule has 1 aromatic heterocycles. The highest BCUT2D eigenvalue weighted by Gasteiger charge is 2.23. The average molecular weight is 464 g/mol. The zero-order valence-electron chi connectivity index (χ0n) is 19.3. The van der Waals surface area contributed by atoms with E-state index < -0.39 is 5.97 Å². The number of nitrogens with zero attached hydrogens (tertiary/aromatic N) is 1. The van der Waals surface area contributed by atoms with Crippen molar-refractivity contribution in [3.63, 3.8) is 0 Å². The van der Waals surface area contributed by atoms with Gasteiger partial charge in [-0.3, -0.25) is 0 Å². The summed E-state index contributed by atoms with van der Waals surface area (Å²) in [7, 11) is 1.62. The third-order valence-corrected chi connectivity index (χ3v) is 6.04. The number of ether oxygens (including phenoxy) is 2. The van der Waals surface area contributed by atoms with Crippen molar-refractivity contribution in [2.45, 2.75) is 13.2 Å². The molecule has 0 aliphatic rings. The number of aromatic carboxylic acids is 1. The van der Waals surface area contributed by atoms with Crippen LogP contribution in [0.3, 0.4) is 0 Å². The Morgan fingerprint density at radius 3 is 2.26 bits per heavy atom. The van der Waals surface area contributed by atoms with E-state index in [-0.39, 0.29) is 5.69 Å². The van der Waals surface area contributed by atoms with Crippen LogP contribution in [0.15, 0.2) is 103 Å². The molecule has 4 aromatic carbocycles. The first-order chi connectivity index (χ1) is 17.1. The van der Waals surface area contributed by atoms with Crippen LogP contribution in [0, 0.1) is 0 Å². The van der Waals surface area contributed by atoms with E-state index in [2.05, 4.69) is 0 Å². The molecule has 0 unspecified atom stereocenters. The van der Waals surface area contributed by atoms with E-state index in [1.165, 1.54) is 0 Å². The van der Waals surface area contributed by atoms with Gasteiger partial charge in [-0.1, -0.05) is 72.8 Å². The van der Waals surface area contributed by atoms with Crippen molar-refractivity contribution in [3.05, 3.63) is 120 Å². The molecule has 0 saturated carbocycles. The minimum Gasteiger partial charge on any atom is -0.497 e. The summed E-state index contributed by atoms with van der Waals surface area (Å²) in [6.07, 6.45) is 0. The minimum atomic E-state index is -0.969. The smallest absolute Gasteiger partial charge is 0.353 e. The van der Waals surface area contributed by atoms with E-state index >= 15 is 0 Å². The maximum atomic E-state index is 12.6. The quantitative estimate of drug-likeness (QED) is 0.280. The number of carbonyl (C=O) groups is 1. The molecule has 0 aliphatic carbocycles. The van der Waals surface area contributed by atoms with E-state index in [4.69, 9.17) is 9.47 Å². The second kappa shape index (κ2) is 9.77. The predicted octanol–water partition coefficient (Wildman–Crippen LogP) is 6.64. The average Bonchev–Trinajstić information content (AvgIpc) is 3.23. The van der Waals surface area contributed by atoms with Crippen molar-refractivity contribution >= 4 is 16.9 Å². The monoisotopic (exact) mass is 463 g/mol. The molecule has 0 fully saturated rings. The molecule has 0 radical (unpaired) electrons. The van der Waals surface area contributed by atoms with E-state index in [0.29, 0.717) is 18.7 Å².